The summed E-state index contributed by atoms with van der Waals surface area (Å²) in [7, 11) is 0. The molecule has 0 spiro atoms. The molecule has 1 aliphatic carbocycles. The van der Waals surface area contributed by atoms with Crippen molar-refractivity contribution in [3.8, 4) is 0 Å². The van der Waals surface area contributed by atoms with Gasteiger partial charge in [-0.3, -0.25) is 0 Å². The standard InChI is InChI=1S/C12H24N2/c1-2-14(12-5-6-12)9-3-4-11-7-8-13-10-11/h11-13H,2-10H2,1H3. The van der Waals surface area contributed by atoms with Crippen LogP contribution in [-0.4, -0.2) is 37.1 Å². The summed E-state index contributed by atoms with van der Waals surface area (Å²) in [6.07, 6.45) is 7.18. The molecule has 0 aromatic heterocycles. The smallest absolute Gasteiger partial charge is 0.00963 e. The zero-order valence-corrected chi connectivity index (χ0v) is 9.47. The molecular formula is C12H24N2. The predicted octanol–water partition coefficient (Wildman–Crippen LogP) is 1.86. The maximum atomic E-state index is 3.45. The van der Waals surface area contributed by atoms with Crippen LogP contribution in [0.1, 0.15) is 39.0 Å². The maximum Gasteiger partial charge on any atom is 0.00963 e. The van der Waals surface area contributed by atoms with Gasteiger partial charge in [-0.05, 0) is 64.2 Å². The molecule has 1 aliphatic heterocycles. The van der Waals surface area contributed by atoms with Crippen molar-refractivity contribution in [2.75, 3.05) is 26.2 Å². The zero-order chi connectivity index (χ0) is 9.80. The first-order valence-electron chi connectivity index (χ1n) is 6.35. The van der Waals surface area contributed by atoms with Gasteiger partial charge in [0.05, 0.1) is 0 Å². The molecule has 1 saturated heterocycles. The van der Waals surface area contributed by atoms with Crippen molar-refractivity contribution in [3.05, 3.63) is 0 Å². The van der Waals surface area contributed by atoms with Gasteiger partial charge in [0.1, 0.15) is 0 Å². The summed E-state index contributed by atoms with van der Waals surface area (Å²) in [4.78, 5) is 2.67. The molecule has 1 atom stereocenters. The lowest BCUT2D eigenvalue weighted by Crippen LogP contribution is -2.27. The summed E-state index contributed by atoms with van der Waals surface area (Å²) in [5.41, 5.74) is 0. The van der Waals surface area contributed by atoms with Gasteiger partial charge in [0, 0.05) is 6.04 Å². The Labute approximate surface area is 88.1 Å². The van der Waals surface area contributed by atoms with Gasteiger partial charge >= 0.3 is 0 Å². The molecule has 82 valence electrons. The van der Waals surface area contributed by atoms with Crippen LogP contribution in [0.4, 0.5) is 0 Å². The molecule has 2 fully saturated rings. The molecule has 2 nitrogen and oxygen atoms in total. The Hall–Kier alpha value is -0.0800. The minimum absolute atomic E-state index is 0.960. The Morgan fingerprint density at radius 3 is 2.71 bits per heavy atom. The molecule has 2 aliphatic rings. The molecule has 0 radical (unpaired) electrons. The van der Waals surface area contributed by atoms with Crippen LogP contribution in [0.3, 0.4) is 0 Å². The Bertz CT molecular complexity index is 160. The number of hydrogen-bond donors (Lipinski definition) is 1. The van der Waals surface area contributed by atoms with Crippen LogP contribution in [0.5, 0.6) is 0 Å². The minimum Gasteiger partial charge on any atom is -0.316 e. The van der Waals surface area contributed by atoms with Crippen LogP contribution < -0.4 is 5.32 Å². The van der Waals surface area contributed by atoms with Crippen LogP contribution in [0.25, 0.3) is 0 Å². The van der Waals surface area contributed by atoms with Gasteiger partial charge < -0.3 is 10.2 Å². The van der Waals surface area contributed by atoms with E-state index in [-0.39, 0.29) is 0 Å². The quantitative estimate of drug-likeness (QED) is 0.697. The van der Waals surface area contributed by atoms with Crippen LogP contribution in [0.2, 0.25) is 0 Å². The fraction of sp³-hybridized carbons (Fsp3) is 1.00. The molecule has 1 heterocycles. The van der Waals surface area contributed by atoms with Gasteiger partial charge in [-0.2, -0.15) is 0 Å². The molecule has 1 N–H and O–H groups in total. The Morgan fingerprint density at radius 1 is 1.29 bits per heavy atom. The van der Waals surface area contributed by atoms with Crippen LogP contribution >= 0.6 is 0 Å². The molecule has 0 amide bonds. The van der Waals surface area contributed by atoms with Crippen molar-refractivity contribution < 1.29 is 0 Å². The van der Waals surface area contributed by atoms with Crippen LogP contribution in [0, 0.1) is 5.92 Å². The number of rotatable bonds is 6. The van der Waals surface area contributed by atoms with Crippen molar-refractivity contribution in [1.29, 1.82) is 0 Å². The topological polar surface area (TPSA) is 15.3 Å². The molecule has 0 aromatic carbocycles. The molecule has 14 heavy (non-hydrogen) atoms. The zero-order valence-electron chi connectivity index (χ0n) is 9.47. The number of hydrogen-bond acceptors (Lipinski definition) is 2. The van der Waals surface area contributed by atoms with Gasteiger partial charge in [-0.1, -0.05) is 6.92 Å². The van der Waals surface area contributed by atoms with Crippen LogP contribution in [-0.2, 0) is 0 Å². The van der Waals surface area contributed by atoms with Crippen LogP contribution in [0.15, 0.2) is 0 Å². The average Bonchev–Trinajstić information content (AvgIpc) is 2.91. The lowest BCUT2D eigenvalue weighted by atomic mass is 10.0. The molecular weight excluding hydrogens is 172 g/mol. The van der Waals surface area contributed by atoms with Crippen molar-refractivity contribution >= 4 is 0 Å². The molecule has 2 heteroatoms. The largest absolute Gasteiger partial charge is 0.316 e. The van der Waals surface area contributed by atoms with E-state index in [1.807, 2.05) is 0 Å². The summed E-state index contributed by atoms with van der Waals surface area (Å²) in [5.74, 6) is 0.980. The van der Waals surface area contributed by atoms with Crippen molar-refractivity contribution in [3.63, 3.8) is 0 Å². The molecule has 2 rings (SSSR count). The second-order valence-corrected chi connectivity index (χ2v) is 4.86. The molecule has 1 unspecified atom stereocenters. The summed E-state index contributed by atoms with van der Waals surface area (Å²) in [5, 5.41) is 3.45. The second kappa shape index (κ2) is 5.13. The number of nitrogens with zero attached hydrogens (tertiary/aromatic N) is 1. The van der Waals surface area contributed by atoms with E-state index in [4.69, 9.17) is 0 Å². The first kappa shape index (κ1) is 10.4. The Morgan fingerprint density at radius 2 is 2.14 bits per heavy atom. The normalized spacial score (nSPS) is 27.4. The fourth-order valence-electron chi connectivity index (χ4n) is 2.58. The summed E-state index contributed by atoms with van der Waals surface area (Å²) < 4.78 is 0. The van der Waals surface area contributed by atoms with Gasteiger partial charge in [0.2, 0.25) is 0 Å². The third-order valence-corrected chi connectivity index (χ3v) is 3.69. The van der Waals surface area contributed by atoms with Crippen molar-refractivity contribution in [2.24, 2.45) is 5.92 Å². The van der Waals surface area contributed by atoms with E-state index < -0.39 is 0 Å². The summed E-state index contributed by atoms with van der Waals surface area (Å²) >= 11 is 0. The SMILES string of the molecule is CCN(CCCC1CCNC1)C1CC1. The Balaban J connectivity index is 1.56. The van der Waals surface area contributed by atoms with E-state index in [1.54, 1.807) is 0 Å². The highest BCUT2D eigenvalue weighted by molar-refractivity contribution is 4.84. The second-order valence-electron chi connectivity index (χ2n) is 4.86. The highest BCUT2D eigenvalue weighted by atomic mass is 15.2. The van der Waals surface area contributed by atoms with Gasteiger partial charge in [0.25, 0.3) is 0 Å². The minimum atomic E-state index is 0.960. The fourth-order valence-corrected chi connectivity index (χ4v) is 2.58. The molecule has 0 bridgehead atoms. The molecule has 0 aromatic rings. The predicted molar refractivity (Wildman–Crippen MR) is 60.5 cm³/mol. The highest BCUT2D eigenvalue weighted by Gasteiger charge is 2.27. The first-order chi connectivity index (χ1) is 6.90. The van der Waals surface area contributed by atoms with Gasteiger partial charge in [-0.25, -0.2) is 0 Å². The van der Waals surface area contributed by atoms with E-state index in [0.29, 0.717) is 0 Å². The van der Waals surface area contributed by atoms with Gasteiger partial charge in [-0.15, -0.1) is 0 Å². The van der Waals surface area contributed by atoms with E-state index in [0.717, 1.165) is 12.0 Å². The van der Waals surface area contributed by atoms with Crippen molar-refractivity contribution in [1.82, 2.24) is 10.2 Å². The number of nitrogens with one attached hydrogen (secondary N) is 1. The van der Waals surface area contributed by atoms with E-state index in [9.17, 15) is 0 Å². The third kappa shape index (κ3) is 2.96. The average molecular weight is 196 g/mol. The van der Waals surface area contributed by atoms with Gasteiger partial charge in [0.15, 0.2) is 0 Å². The maximum absolute atomic E-state index is 3.45. The van der Waals surface area contributed by atoms with Crippen molar-refractivity contribution in [2.45, 2.75) is 45.1 Å². The highest BCUT2D eigenvalue weighted by Crippen LogP contribution is 2.27. The van der Waals surface area contributed by atoms with E-state index in [2.05, 4.69) is 17.1 Å². The van der Waals surface area contributed by atoms with E-state index >= 15 is 0 Å². The Kier molecular flexibility index (Phi) is 3.82. The monoisotopic (exact) mass is 196 g/mol. The third-order valence-electron chi connectivity index (χ3n) is 3.69. The lowest BCUT2D eigenvalue weighted by Gasteiger charge is -2.20. The summed E-state index contributed by atoms with van der Waals surface area (Å²) in [6, 6.07) is 0.960. The first-order valence-corrected chi connectivity index (χ1v) is 6.35. The summed E-state index contributed by atoms with van der Waals surface area (Å²) in [6.45, 7) is 7.43. The van der Waals surface area contributed by atoms with E-state index in [1.165, 1.54) is 58.3 Å². The molecule has 1 saturated carbocycles. The lowest BCUT2D eigenvalue weighted by molar-refractivity contribution is 0.265.